The van der Waals surface area contributed by atoms with E-state index in [1.165, 1.54) is 0 Å². The highest BCUT2D eigenvalue weighted by Crippen LogP contribution is 1.94. The molecule has 2 N–H and O–H groups in total. The predicted octanol–water partition coefficient (Wildman–Crippen LogP) is -0.790. The minimum atomic E-state index is -2.83. The lowest BCUT2D eigenvalue weighted by molar-refractivity contribution is -0.216. The second-order valence-electron chi connectivity index (χ2n) is 1.29. The minimum absolute atomic E-state index is 0.662. The number of aliphatic hydroxyl groups is 1. The first kappa shape index (κ1) is 6.39. The average Bonchev–Trinajstić information content (AvgIpc) is 1.31. The van der Waals surface area contributed by atoms with Gasteiger partial charge >= 0.3 is 5.97 Å². The lowest BCUT2D eigenvalue weighted by Crippen LogP contribution is -2.32. The molecule has 0 saturated carbocycles. The number of carboxylic acid groups (broad SMARTS) is 1. The van der Waals surface area contributed by atoms with Gasteiger partial charge in [-0.2, -0.15) is 5.11 Å². The Labute approximate surface area is 40.0 Å². The highest BCUT2D eigenvalue weighted by molar-refractivity contribution is 5.74. The van der Waals surface area contributed by atoms with Gasteiger partial charge in [-0.15, -0.1) is 0 Å². The van der Waals surface area contributed by atoms with Crippen molar-refractivity contribution in [1.82, 2.24) is 0 Å². The molecule has 4 nitrogen and oxygen atoms in total. The number of carboxylic acids is 1. The Kier molecular flexibility index (Phi) is 1.35. The first-order valence-electron chi connectivity index (χ1n) is 1.61. The highest BCUT2D eigenvalue weighted by Gasteiger charge is 2.27. The zero-order chi connectivity index (χ0) is 6.08. The fourth-order valence-electron chi connectivity index (χ4n) is 0. The van der Waals surface area contributed by atoms with E-state index < -0.39 is 11.8 Å². The van der Waals surface area contributed by atoms with Crippen molar-refractivity contribution in [1.29, 1.82) is 0 Å². The van der Waals surface area contributed by atoms with E-state index in [0.29, 0.717) is 6.92 Å². The Morgan fingerprint density at radius 2 is 1.86 bits per heavy atom. The SMILES string of the molecule is CC([O])(O)C(=O)O. The summed E-state index contributed by atoms with van der Waals surface area (Å²) >= 11 is 0. The molecule has 0 fully saturated rings. The highest BCUT2D eigenvalue weighted by atomic mass is 16.5. The van der Waals surface area contributed by atoms with Gasteiger partial charge in [0.2, 0.25) is 0 Å². The molecule has 0 aromatic heterocycles. The molecule has 1 atom stereocenters. The van der Waals surface area contributed by atoms with Crippen LogP contribution in [0, 0.1) is 0 Å². The molecule has 41 valence electrons. The molecule has 1 unspecified atom stereocenters. The first-order valence-corrected chi connectivity index (χ1v) is 1.61. The standard InChI is InChI=1S/C3H5O4/c1-3(6,7)2(4)5/h6H,1H3,(H,4,5). The maximum absolute atomic E-state index is 9.76. The van der Waals surface area contributed by atoms with Crippen molar-refractivity contribution in [3.8, 4) is 0 Å². The van der Waals surface area contributed by atoms with Crippen LogP contribution in [-0.2, 0) is 9.90 Å². The van der Waals surface area contributed by atoms with Crippen molar-refractivity contribution in [3.05, 3.63) is 0 Å². The van der Waals surface area contributed by atoms with E-state index in [0.717, 1.165) is 0 Å². The molecule has 0 spiro atoms. The van der Waals surface area contributed by atoms with Crippen LogP contribution in [0.4, 0.5) is 0 Å². The molecule has 0 aliphatic heterocycles. The molecule has 0 heterocycles. The van der Waals surface area contributed by atoms with Crippen LogP contribution in [0.15, 0.2) is 0 Å². The van der Waals surface area contributed by atoms with Gasteiger partial charge < -0.3 is 10.2 Å². The number of aliphatic carboxylic acids is 1. The molecule has 4 heteroatoms. The Hall–Kier alpha value is -0.610. The molecular weight excluding hydrogens is 100 g/mol. The van der Waals surface area contributed by atoms with Crippen molar-refractivity contribution < 1.29 is 20.1 Å². The van der Waals surface area contributed by atoms with Gasteiger partial charge in [0.1, 0.15) is 0 Å². The van der Waals surface area contributed by atoms with Crippen LogP contribution in [-0.4, -0.2) is 22.0 Å². The third-order valence-corrected chi connectivity index (χ3v) is 0.397. The number of hydrogen-bond donors (Lipinski definition) is 2. The quantitative estimate of drug-likeness (QED) is 0.429. The summed E-state index contributed by atoms with van der Waals surface area (Å²) in [6.07, 6.45) is 0. The van der Waals surface area contributed by atoms with Crippen molar-refractivity contribution in [3.63, 3.8) is 0 Å². The van der Waals surface area contributed by atoms with Gasteiger partial charge in [-0.1, -0.05) is 0 Å². The molecule has 0 aliphatic rings. The molecule has 0 saturated heterocycles. The smallest absolute Gasteiger partial charge is 0.366 e. The molecule has 0 amide bonds. The van der Waals surface area contributed by atoms with Crippen LogP contribution in [0.2, 0.25) is 0 Å². The van der Waals surface area contributed by atoms with Crippen LogP contribution < -0.4 is 0 Å². The van der Waals surface area contributed by atoms with E-state index in [9.17, 15) is 9.90 Å². The van der Waals surface area contributed by atoms with Crippen LogP contribution in [0.3, 0.4) is 0 Å². The Bertz CT molecular complexity index is 79.4. The van der Waals surface area contributed by atoms with E-state index in [-0.39, 0.29) is 0 Å². The maximum atomic E-state index is 9.76. The van der Waals surface area contributed by atoms with Gasteiger partial charge in [-0.3, -0.25) is 0 Å². The van der Waals surface area contributed by atoms with Crippen molar-refractivity contribution in [2.45, 2.75) is 12.7 Å². The summed E-state index contributed by atoms with van der Waals surface area (Å²) in [5.41, 5.74) is 0. The molecule has 0 aromatic rings. The van der Waals surface area contributed by atoms with Gasteiger partial charge in [0.15, 0.2) is 0 Å². The van der Waals surface area contributed by atoms with Crippen molar-refractivity contribution in [2.75, 3.05) is 0 Å². The molecule has 0 bridgehead atoms. The lowest BCUT2D eigenvalue weighted by Gasteiger charge is -2.02. The Morgan fingerprint density at radius 3 is 1.86 bits per heavy atom. The van der Waals surface area contributed by atoms with Crippen LogP contribution >= 0.6 is 0 Å². The van der Waals surface area contributed by atoms with Crippen LogP contribution in [0.1, 0.15) is 6.92 Å². The second-order valence-corrected chi connectivity index (χ2v) is 1.29. The van der Waals surface area contributed by atoms with Crippen LogP contribution in [0.25, 0.3) is 0 Å². The minimum Gasteiger partial charge on any atom is -0.477 e. The third kappa shape index (κ3) is 2.13. The van der Waals surface area contributed by atoms with Gasteiger partial charge in [0.25, 0.3) is 5.79 Å². The molecular formula is C3H5O4. The van der Waals surface area contributed by atoms with Gasteiger partial charge in [-0.25, -0.2) is 4.79 Å². The fraction of sp³-hybridized carbons (Fsp3) is 0.667. The predicted molar refractivity (Wildman–Crippen MR) is 18.9 cm³/mol. The first-order chi connectivity index (χ1) is 2.94. The van der Waals surface area contributed by atoms with Crippen molar-refractivity contribution >= 4 is 5.97 Å². The monoisotopic (exact) mass is 105 g/mol. The summed E-state index contributed by atoms with van der Waals surface area (Å²) in [5, 5.41) is 25.4. The number of rotatable bonds is 1. The molecule has 0 rings (SSSR count). The summed E-state index contributed by atoms with van der Waals surface area (Å²) in [7, 11) is 0. The normalized spacial score (nSPS) is 11.3. The van der Waals surface area contributed by atoms with Gasteiger partial charge in [-0.05, 0) is 0 Å². The fourth-order valence-corrected chi connectivity index (χ4v) is 0. The molecule has 0 aliphatic carbocycles. The summed E-state index contributed by atoms with van der Waals surface area (Å²) in [6.45, 7) is 0.662. The summed E-state index contributed by atoms with van der Waals surface area (Å²) < 4.78 is 0. The largest absolute Gasteiger partial charge is 0.477 e. The van der Waals surface area contributed by atoms with Crippen LogP contribution in [0.5, 0.6) is 0 Å². The van der Waals surface area contributed by atoms with E-state index >= 15 is 0 Å². The second kappa shape index (κ2) is 1.48. The number of hydrogen-bond acceptors (Lipinski definition) is 2. The van der Waals surface area contributed by atoms with Gasteiger partial charge in [0.05, 0.1) is 0 Å². The summed E-state index contributed by atoms with van der Waals surface area (Å²) in [4.78, 5) is 9.46. The Balaban J connectivity index is 3.79. The third-order valence-electron chi connectivity index (χ3n) is 0.397. The van der Waals surface area contributed by atoms with E-state index in [2.05, 4.69) is 0 Å². The molecule has 1 radical (unpaired) electrons. The summed E-state index contributed by atoms with van der Waals surface area (Å²) in [6, 6.07) is 0. The maximum Gasteiger partial charge on any atom is 0.366 e. The van der Waals surface area contributed by atoms with E-state index in [4.69, 9.17) is 10.2 Å². The van der Waals surface area contributed by atoms with E-state index in [1.54, 1.807) is 0 Å². The molecule has 0 aromatic carbocycles. The average molecular weight is 105 g/mol. The van der Waals surface area contributed by atoms with Gasteiger partial charge in [0, 0.05) is 6.92 Å². The zero-order valence-corrected chi connectivity index (χ0v) is 3.71. The lowest BCUT2D eigenvalue weighted by atomic mass is 10.3. The zero-order valence-electron chi connectivity index (χ0n) is 3.71. The number of carbonyl (C=O) groups is 1. The van der Waals surface area contributed by atoms with Crippen molar-refractivity contribution in [2.24, 2.45) is 0 Å². The van der Waals surface area contributed by atoms with E-state index in [1.807, 2.05) is 0 Å². The topological polar surface area (TPSA) is 77.4 Å². The summed E-state index contributed by atoms with van der Waals surface area (Å²) in [5.74, 6) is -4.59. The molecule has 7 heavy (non-hydrogen) atoms. The Morgan fingerprint density at radius 1 is 1.71 bits per heavy atom.